The lowest BCUT2D eigenvalue weighted by Gasteiger charge is -2.33. The van der Waals surface area contributed by atoms with Crippen molar-refractivity contribution in [1.82, 2.24) is 9.78 Å². The molecule has 88 valence electrons. The molecule has 0 amide bonds. The first-order valence-electron chi connectivity index (χ1n) is 5.39. The third-order valence-corrected chi connectivity index (χ3v) is 3.58. The van der Waals surface area contributed by atoms with E-state index < -0.39 is 0 Å². The maximum absolute atomic E-state index is 11.8. The molecule has 0 aliphatic heterocycles. The molecule has 1 aliphatic carbocycles. The Kier molecular flexibility index (Phi) is 3.30. The smallest absolute Gasteiger partial charge is 0.283 e. The highest BCUT2D eigenvalue weighted by molar-refractivity contribution is 9.10. The Labute approximate surface area is 102 Å². The highest BCUT2D eigenvalue weighted by atomic mass is 79.9. The number of nitrogens with two attached hydrogens (primary N) is 1. The minimum Gasteiger partial charge on any atom is -0.380 e. The largest absolute Gasteiger partial charge is 0.380 e. The zero-order valence-corrected chi connectivity index (χ0v) is 10.7. The first-order valence-corrected chi connectivity index (χ1v) is 6.18. The summed E-state index contributed by atoms with van der Waals surface area (Å²) in [6, 6.07) is 0.658. The van der Waals surface area contributed by atoms with E-state index in [1.54, 1.807) is 6.20 Å². The Bertz CT molecular complexity index is 439. The molecule has 0 unspecified atom stereocenters. The van der Waals surface area contributed by atoms with Gasteiger partial charge in [0.25, 0.3) is 5.56 Å². The Morgan fingerprint density at radius 1 is 1.69 bits per heavy atom. The van der Waals surface area contributed by atoms with Gasteiger partial charge in [0, 0.05) is 18.6 Å². The molecule has 0 aromatic carbocycles. The molecule has 0 bridgehead atoms. The Hall–Kier alpha value is -0.880. The molecule has 1 fully saturated rings. The van der Waals surface area contributed by atoms with Crippen LogP contribution in [-0.4, -0.2) is 21.9 Å². The molecule has 0 spiro atoms. The van der Waals surface area contributed by atoms with E-state index >= 15 is 0 Å². The maximum Gasteiger partial charge on any atom is 0.283 e. The molecule has 0 radical (unpaired) electrons. The van der Waals surface area contributed by atoms with Crippen LogP contribution in [0.3, 0.4) is 0 Å². The van der Waals surface area contributed by atoms with Gasteiger partial charge in [-0.2, -0.15) is 5.10 Å². The normalized spacial score (nSPS) is 23.9. The van der Waals surface area contributed by atoms with E-state index in [0.29, 0.717) is 23.1 Å². The summed E-state index contributed by atoms with van der Waals surface area (Å²) in [4.78, 5) is 11.8. The molecular formula is C10H15BrN4O. The van der Waals surface area contributed by atoms with Crippen molar-refractivity contribution in [1.29, 1.82) is 0 Å². The zero-order valence-electron chi connectivity index (χ0n) is 9.11. The number of rotatable bonds is 3. The molecule has 1 aliphatic rings. The van der Waals surface area contributed by atoms with Crippen LogP contribution >= 0.6 is 15.9 Å². The van der Waals surface area contributed by atoms with E-state index in [2.05, 4.69) is 26.3 Å². The molecule has 1 aromatic rings. The van der Waals surface area contributed by atoms with Crippen LogP contribution in [0.1, 0.15) is 19.8 Å². The van der Waals surface area contributed by atoms with E-state index in [-0.39, 0.29) is 5.56 Å². The number of anilines is 1. The lowest BCUT2D eigenvalue weighted by molar-refractivity contribution is 0.373. The van der Waals surface area contributed by atoms with E-state index in [4.69, 9.17) is 5.73 Å². The average molecular weight is 287 g/mol. The van der Waals surface area contributed by atoms with Gasteiger partial charge in [0.15, 0.2) is 0 Å². The third-order valence-electron chi connectivity index (χ3n) is 2.82. The number of hydrogen-bond acceptors (Lipinski definition) is 4. The van der Waals surface area contributed by atoms with Crippen LogP contribution in [0.2, 0.25) is 0 Å². The summed E-state index contributed by atoms with van der Waals surface area (Å²) in [6.07, 6.45) is 3.57. The molecule has 5 nitrogen and oxygen atoms in total. The molecule has 1 aromatic heterocycles. The van der Waals surface area contributed by atoms with E-state index in [9.17, 15) is 4.79 Å². The van der Waals surface area contributed by atoms with Crippen LogP contribution in [0.15, 0.2) is 15.5 Å². The van der Waals surface area contributed by atoms with Crippen LogP contribution in [0.5, 0.6) is 0 Å². The summed E-state index contributed by atoms with van der Waals surface area (Å²) < 4.78 is 1.96. The SMILES string of the molecule is CCn1ncc(NC2CC(N)C2)c(Br)c1=O. The molecular weight excluding hydrogens is 272 g/mol. The van der Waals surface area contributed by atoms with Crippen LogP contribution in [-0.2, 0) is 6.54 Å². The number of nitrogens with one attached hydrogen (secondary N) is 1. The summed E-state index contributed by atoms with van der Waals surface area (Å²) in [5.41, 5.74) is 6.36. The summed E-state index contributed by atoms with van der Waals surface area (Å²) in [7, 11) is 0. The average Bonchev–Trinajstić information content (AvgIpc) is 2.23. The summed E-state index contributed by atoms with van der Waals surface area (Å²) >= 11 is 3.30. The van der Waals surface area contributed by atoms with Crippen LogP contribution in [0.4, 0.5) is 5.69 Å². The topological polar surface area (TPSA) is 72.9 Å². The predicted molar refractivity (Wildman–Crippen MR) is 66.5 cm³/mol. The second-order valence-corrected chi connectivity index (χ2v) is 4.86. The van der Waals surface area contributed by atoms with Gasteiger partial charge in [-0.25, -0.2) is 4.68 Å². The first-order chi connectivity index (χ1) is 7.61. The van der Waals surface area contributed by atoms with Crippen molar-refractivity contribution in [3.05, 3.63) is 21.0 Å². The fourth-order valence-corrected chi connectivity index (χ4v) is 2.21. The highest BCUT2D eigenvalue weighted by Gasteiger charge is 2.26. The van der Waals surface area contributed by atoms with E-state index in [0.717, 1.165) is 18.5 Å². The number of nitrogens with zero attached hydrogens (tertiary/aromatic N) is 2. The van der Waals surface area contributed by atoms with Gasteiger partial charge < -0.3 is 11.1 Å². The summed E-state index contributed by atoms with van der Waals surface area (Å²) in [5, 5.41) is 7.33. The minimum absolute atomic E-state index is 0.101. The zero-order chi connectivity index (χ0) is 11.7. The van der Waals surface area contributed by atoms with Crippen molar-refractivity contribution in [3.8, 4) is 0 Å². The monoisotopic (exact) mass is 286 g/mol. The Balaban J connectivity index is 2.16. The second kappa shape index (κ2) is 4.55. The quantitative estimate of drug-likeness (QED) is 0.867. The van der Waals surface area contributed by atoms with Crippen LogP contribution in [0, 0.1) is 0 Å². The number of hydrogen-bond donors (Lipinski definition) is 2. The van der Waals surface area contributed by atoms with Crippen molar-refractivity contribution >= 4 is 21.6 Å². The molecule has 2 rings (SSSR count). The van der Waals surface area contributed by atoms with Crippen LogP contribution in [0.25, 0.3) is 0 Å². The standard InChI is InChI=1S/C10H15BrN4O/c1-2-15-10(16)9(11)8(5-13-15)14-7-3-6(12)4-7/h5-7,14H,2-4,12H2,1H3. The molecule has 6 heteroatoms. The number of aromatic nitrogens is 2. The predicted octanol–water partition coefficient (Wildman–Crippen LogP) is 0.927. The molecule has 0 saturated heterocycles. The summed E-state index contributed by atoms with van der Waals surface area (Å²) in [6.45, 7) is 2.46. The molecule has 1 saturated carbocycles. The van der Waals surface area contributed by atoms with Gasteiger partial charge in [-0.3, -0.25) is 4.79 Å². The third kappa shape index (κ3) is 2.12. The first kappa shape index (κ1) is 11.6. The lowest BCUT2D eigenvalue weighted by Crippen LogP contribution is -2.44. The minimum atomic E-state index is -0.101. The maximum atomic E-state index is 11.8. The Morgan fingerprint density at radius 2 is 2.38 bits per heavy atom. The number of aryl methyl sites for hydroxylation is 1. The molecule has 16 heavy (non-hydrogen) atoms. The second-order valence-electron chi connectivity index (χ2n) is 4.07. The van der Waals surface area contributed by atoms with Gasteiger partial charge in [0.2, 0.25) is 0 Å². The van der Waals surface area contributed by atoms with Crippen molar-refractivity contribution in [3.63, 3.8) is 0 Å². The molecule has 3 N–H and O–H groups in total. The summed E-state index contributed by atoms with van der Waals surface area (Å²) in [5.74, 6) is 0. The van der Waals surface area contributed by atoms with Gasteiger partial charge >= 0.3 is 0 Å². The van der Waals surface area contributed by atoms with Crippen molar-refractivity contribution < 1.29 is 0 Å². The Morgan fingerprint density at radius 3 is 2.94 bits per heavy atom. The van der Waals surface area contributed by atoms with Gasteiger partial charge in [0.1, 0.15) is 4.47 Å². The fraction of sp³-hybridized carbons (Fsp3) is 0.600. The highest BCUT2D eigenvalue weighted by Crippen LogP contribution is 2.25. The van der Waals surface area contributed by atoms with Crippen molar-refractivity contribution in [2.75, 3.05) is 5.32 Å². The van der Waals surface area contributed by atoms with Crippen molar-refractivity contribution in [2.24, 2.45) is 5.73 Å². The van der Waals surface area contributed by atoms with Crippen molar-refractivity contribution in [2.45, 2.75) is 38.4 Å². The molecule has 0 atom stereocenters. The van der Waals surface area contributed by atoms with E-state index in [1.807, 2.05) is 6.92 Å². The van der Waals surface area contributed by atoms with E-state index in [1.165, 1.54) is 4.68 Å². The van der Waals surface area contributed by atoms with Gasteiger partial charge in [0.05, 0.1) is 11.9 Å². The van der Waals surface area contributed by atoms with Gasteiger partial charge in [-0.1, -0.05) is 0 Å². The molecule has 1 heterocycles. The fourth-order valence-electron chi connectivity index (χ4n) is 1.79. The lowest BCUT2D eigenvalue weighted by atomic mass is 9.87. The van der Waals surface area contributed by atoms with Gasteiger partial charge in [-0.05, 0) is 35.7 Å². The van der Waals surface area contributed by atoms with Gasteiger partial charge in [-0.15, -0.1) is 0 Å². The number of halogens is 1. The van der Waals surface area contributed by atoms with Crippen LogP contribution < -0.4 is 16.6 Å².